The summed E-state index contributed by atoms with van der Waals surface area (Å²) in [4.78, 5) is 22.5. The number of aromatic amines is 1. The minimum atomic E-state index is -1.03. The fourth-order valence-electron chi connectivity index (χ4n) is 1.56. The van der Waals surface area contributed by atoms with E-state index >= 15 is 0 Å². The Labute approximate surface area is 96.6 Å². The predicted octanol–water partition coefficient (Wildman–Crippen LogP) is 1.01. The van der Waals surface area contributed by atoms with E-state index in [9.17, 15) is 9.59 Å². The zero-order valence-corrected chi connectivity index (χ0v) is 9.15. The summed E-state index contributed by atoms with van der Waals surface area (Å²) < 4.78 is 0. The van der Waals surface area contributed by atoms with Crippen LogP contribution in [0.15, 0.2) is 18.2 Å². The van der Waals surface area contributed by atoms with Crippen molar-refractivity contribution in [3.05, 3.63) is 29.5 Å². The van der Waals surface area contributed by atoms with Crippen LogP contribution in [-0.4, -0.2) is 33.7 Å². The smallest absolute Gasteiger partial charge is 0.335 e. The maximum Gasteiger partial charge on any atom is 0.335 e. The van der Waals surface area contributed by atoms with E-state index in [1.54, 1.807) is 13.0 Å². The highest BCUT2D eigenvalue weighted by Gasteiger charge is 2.14. The lowest BCUT2D eigenvalue weighted by atomic mass is 10.1. The van der Waals surface area contributed by atoms with Gasteiger partial charge in [-0.2, -0.15) is 5.10 Å². The van der Waals surface area contributed by atoms with Gasteiger partial charge >= 0.3 is 5.97 Å². The maximum atomic E-state index is 11.7. The first-order chi connectivity index (χ1) is 8.13. The highest BCUT2D eigenvalue weighted by atomic mass is 16.4. The fourth-order valence-corrected chi connectivity index (χ4v) is 1.56. The number of carboxylic acids is 1. The second-order valence-electron chi connectivity index (χ2n) is 3.50. The Morgan fingerprint density at radius 1 is 1.47 bits per heavy atom. The fraction of sp³-hybridized carbons (Fsp3) is 0.182. The standard InChI is InChI=1S/C11H11N3O3/c1-2-12-10(15)9-7-5-6(11(16)17)3-4-8(7)13-14-9/h3-5H,2H2,1H3,(H,12,15)(H,13,14)(H,16,17). The van der Waals surface area contributed by atoms with Gasteiger partial charge in [0.25, 0.3) is 5.91 Å². The monoisotopic (exact) mass is 233 g/mol. The summed E-state index contributed by atoms with van der Waals surface area (Å²) in [7, 11) is 0. The lowest BCUT2D eigenvalue weighted by molar-refractivity contribution is 0.0696. The first-order valence-corrected chi connectivity index (χ1v) is 5.13. The normalized spacial score (nSPS) is 10.4. The third kappa shape index (κ3) is 1.96. The van der Waals surface area contributed by atoms with Crippen LogP contribution in [0, 0.1) is 0 Å². The van der Waals surface area contributed by atoms with Crippen molar-refractivity contribution < 1.29 is 14.7 Å². The second-order valence-corrected chi connectivity index (χ2v) is 3.50. The quantitative estimate of drug-likeness (QED) is 0.737. The summed E-state index contributed by atoms with van der Waals surface area (Å²) in [5, 5.41) is 18.6. The molecule has 0 bridgehead atoms. The van der Waals surface area contributed by atoms with Crippen LogP contribution < -0.4 is 5.32 Å². The number of aromatic carboxylic acids is 1. The molecule has 6 nitrogen and oxygen atoms in total. The number of nitrogens with zero attached hydrogens (tertiary/aromatic N) is 1. The Hall–Kier alpha value is -2.37. The molecule has 88 valence electrons. The third-order valence-electron chi connectivity index (χ3n) is 2.36. The molecule has 0 fully saturated rings. The van der Waals surface area contributed by atoms with Crippen molar-refractivity contribution in [1.29, 1.82) is 0 Å². The highest BCUT2D eigenvalue weighted by Crippen LogP contribution is 2.17. The van der Waals surface area contributed by atoms with E-state index < -0.39 is 5.97 Å². The molecule has 1 amide bonds. The molecule has 0 saturated heterocycles. The summed E-state index contributed by atoms with van der Waals surface area (Å²) in [6.45, 7) is 2.29. The van der Waals surface area contributed by atoms with Gasteiger partial charge in [0.2, 0.25) is 0 Å². The number of carboxylic acid groups (broad SMARTS) is 1. The predicted molar refractivity (Wildman–Crippen MR) is 61.1 cm³/mol. The number of hydrogen-bond donors (Lipinski definition) is 3. The van der Waals surface area contributed by atoms with Crippen molar-refractivity contribution in [3.63, 3.8) is 0 Å². The van der Waals surface area contributed by atoms with E-state index in [1.807, 2.05) is 0 Å². The van der Waals surface area contributed by atoms with Gasteiger partial charge in [-0.1, -0.05) is 0 Å². The third-order valence-corrected chi connectivity index (χ3v) is 2.36. The van der Waals surface area contributed by atoms with Gasteiger partial charge < -0.3 is 10.4 Å². The van der Waals surface area contributed by atoms with Gasteiger partial charge in [0.05, 0.1) is 11.1 Å². The minimum Gasteiger partial charge on any atom is -0.478 e. The lowest BCUT2D eigenvalue weighted by Gasteiger charge is -1.99. The number of carbonyl (C=O) groups is 2. The number of fused-ring (bicyclic) bond motifs is 1. The largest absolute Gasteiger partial charge is 0.478 e. The molecule has 0 aliphatic heterocycles. The van der Waals surface area contributed by atoms with Crippen LogP contribution in [0.4, 0.5) is 0 Å². The van der Waals surface area contributed by atoms with E-state index in [1.165, 1.54) is 12.1 Å². The topological polar surface area (TPSA) is 95.1 Å². The molecule has 0 radical (unpaired) electrons. The second kappa shape index (κ2) is 4.25. The first-order valence-electron chi connectivity index (χ1n) is 5.13. The van der Waals surface area contributed by atoms with E-state index in [2.05, 4.69) is 15.5 Å². The Bertz CT molecular complexity index is 589. The SMILES string of the molecule is CCNC(=O)c1n[nH]c2ccc(C(=O)O)cc12. The van der Waals surface area contributed by atoms with E-state index in [4.69, 9.17) is 5.11 Å². The first kappa shape index (κ1) is 11.1. The van der Waals surface area contributed by atoms with Crippen LogP contribution in [0.25, 0.3) is 10.9 Å². The minimum absolute atomic E-state index is 0.129. The highest BCUT2D eigenvalue weighted by molar-refractivity contribution is 6.06. The average Bonchev–Trinajstić information content (AvgIpc) is 2.71. The molecule has 0 atom stereocenters. The van der Waals surface area contributed by atoms with Crippen molar-refractivity contribution in [2.45, 2.75) is 6.92 Å². The van der Waals surface area contributed by atoms with E-state index in [0.29, 0.717) is 17.4 Å². The summed E-state index contributed by atoms with van der Waals surface area (Å²) in [6, 6.07) is 4.49. The molecule has 1 aromatic heterocycles. The van der Waals surface area contributed by atoms with Crippen molar-refractivity contribution >= 4 is 22.8 Å². The Balaban J connectivity index is 2.54. The molecule has 6 heteroatoms. The summed E-state index contributed by atoms with van der Waals surface area (Å²) in [5.74, 6) is -1.35. The molecule has 0 spiro atoms. The van der Waals surface area contributed by atoms with Gasteiger partial charge in [-0.25, -0.2) is 4.79 Å². The lowest BCUT2D eigenvalue weighted by Crippen LogP contribution is -2.23. The number of amides is 1. The van der Waals surface area contributed by atoms with Crippen LogP contribution in [0.5, 0.6) is 0 Å². The Morgan fingerprint density at radius 2 is 2.24 bits per heavy atom. The molecule has 0 aliphatic carbocycles. The Kier molecular flexibility index (Phi) is 2.78. The number of nitrogens with one attached hydrogen (secondary N) is 2. The number of carbonyl (C=O) groups excluding carboxylic acids is 1. The molecule has 0 aliphatic rings. The van der Waals surface area contributed by atoms with Gasteiger partial charge in [0, 0.05) is 11.9 Å². The van der Waals surface area contributed by atoms with E-state index in [-0.39, 0.29) is 17.2 Å². The molecule has 2 rings (SSSR count). The van der Waals surface area contributed by atoms with Gasteiger partial charge in [-0.3, -0.25) is 9.89 Å². The van der Waals surface area contributed by atoms with Crippen molar-refractivity contribution in [2.75, 3.05) is 6.54 Å². The van der Waals surface area contributed by atoms with Crippen LogP contribution in [0.1, 0.15) is 27.8 Å². The zero-order valence-electron chi connectivity index (χ0n) is 9.15. The summed E-state index contributed by atoms with van der Waals surface area (Å²) >= 11 is 0. The number of H-pyrrole nitrogens is 1. The molecule has 0 saturated carbocycles. The summed E-state index contributed by atoms with van der Waals surface area (Å²) in [6.07, 6.45) is 0. The van der Waals surface area contributed by atoms with E-state index in [0.717, 1.165) is 0 Å². The maximum absolute atomic E-state index is 11.7. The van der Waals surface area contributed by atoms with Gasteiger partial charge in [0.1, 0.15) is 0 Å². The molecule has 0 unspecified atom stereocenters. The molecule has 17 heavy (non-hydrogen) atoms. The van der Waals surface area contributed by atoms with Crippen LogP contribution in [-0.2, 0) is 0 Å². The molecule has 2 aromatic rings. The number of rotatable bonds is 3. The average molecular weight is 233 g/mol. The van der Waals surface area contributed by atoms with Crippen molar-refractivity contribution in [3.8, 4) is 0 Å². The van der Waals surface area contributed by atoms with Crippen LogP contribution in [0.3, 0.4) is 0 Å². The van der Waals surface area contributed by atoms with Crippen molar-refractivity contribution in [2.24, 2.45) is 0 Å². The number of aromatic nitrogens is 2. The summed E-state index contributed by atoms with van der Waals surface area (Å²) in [5.41, 5.74) is 0.977. The molecule has 1 heterocycles. The zero-order chi connectivity index (χ0) is 12.4. The molecule has 1 aromatic carbocycles. The molecule has 3 N–H and O–H groups in total. The van der Waals surface area contributed by atoms with Gasteiger partial charge in [-0.15, -0.1) is 0 Å². The Morgan fingerprint density at radius 3 is 2.88 bits per heavy atom. The van der Waals surface area contributed by atoms with Gasteiger partial charge in [0.15, 0.2) is 5.69 Å². The van der Waals surface area contributed by atoms with Gasteiger partial charge in [-0.05, 0) is 25.1 Å². The molecular formula is C11H11N3O3. The number of benzene rings is 1. The number of hydrogen-bond acceptors (Lipinski definition) is 3. The van der Waals surface area contributed by atoms with Crippen LogP contribution >= 0.6 is 0 Å². The van der Waals surface area contributed by atoms with Crippen LogP contribution in [0.2, 0.25) is 0 Å². The van der Waals surface area contributed by atoms with Crippen molar-refractivity contribution in [1.82, 2.24) is 15.5 Å². The molecular weight excluding hydrogens is 222 g/mol.